The molecule has 0 aromatic rings. The van der Waals surface area contributed by atoms with Crippen molar-refractivity contribution in [2.75, 3.05) is 0 Å². The van der Waals surface area contributed by atoms with E-state index >= 15 is 0 Å². The zero-order valence-corrected chi connectivity index (χ0v) is 9.58. The number of ketones is 1. The quantitative estimate of drug-likeness (QED) is 0.710. The van der Waals surface area contributed by atoms with E-state index in [9.17, 15) is 4.79 Å². The number of rotatable bonds is 2. The van der Waals surface area contributed by atoms with Gasteiger partial charge in [-0.2, -0.15) is 0 Å². The monoisotopic (exact) mass is 209 g/mol. The van der Waals surface area contributed by atoms with E-state index in [1.807, 2.05) is 0 Å². The normalized spacial score (nSPS) is 33.9. The van der Waals surface area contributed by atoms with Crippen LogP contribution in [-0.4, -0.2) is 11.8 Å². The SMILES string of the molecule is NC1CCC(C(=O)C2CCCCCC2)C1. The molecule has 0 radical (unpaired) electrons. The number of Topliss-reactive ketones (excluding diaryl/α,β-unsaturated/α-hetero) is 1. The van der Waals surface area contributed by atoms with Gasteiger partial charge in [-0.15, -0.1) is 0 Å². The van der Waals surface area contributed by atoms with E-state index < -0.39 is 0 Å². The lowest BCUT2D eigenvalue weighted by Gasteiger charge is -2.17. The van der Waals surface area contributed by atoms with Crippen molar-refractivity contribution < 1.29 is 4.79 Å². The van der Waals surface area contributed by atoms with E-state index in [-0.39, 0.29) is 0 Å². The summed E-state index contributed by atoms with van der Waals surface area (Å²) in [5.74, 6) is 1.23. The molecule has 15 heavy (non-hydrogen) atoms. The molecule has 0 saturated heterocycles. The highest BCUT2D eigenvalue weighted by Crippen LogP contribution is 2.32. The Bertz CT molecular complexity index is 219. The van der Waals surface area contributed by atoms with E-state index in [0.717, 1.165) is 32.1 Å². The molecule has 2 atom stereocenters. The maximum absolute atomic E-state index is 12.2. The Morgan fingerprint density at radius 3 is 2.07 bits per heavy atom. The van der Waals surface area contributed by atoms with Crippen molar-refractivity contribution in [3.63, 3.8) is 0 Å². The third-order valence-corrected chi connectivity index (χ3v) is 4.13. The van der Waals surface area contributed by atoms with Crippen molar-refractivity contribution >= 4 is 5.78 Å². The fourth-order valence-corrected chi connectivity index (χ4v) is 3.17. The highest BCUT2D eigenvalue weighted by atomic mass is 16.1. The predicted octanol–water partition coefficient (Wildman–Crippen LogP) is 2.65. The summed E-state index contributed by atoms with van der Waals surface area (Å²) in [6.07, 6.45) is 10.5. The minimum atomic E-state index is 0.296. The van der Waals surface area contributed by atoms with Gasteiger partial charge in [-0.05, 0) is 32.1 Å². The number of carbonyl (C=O) groups is 1. The summed E-state index contributed by atoms with van der Waals surface area (Å²) >= 11 is 0. The zero-order chi connectivity index (χ0) is 10.7. The van der Waals surface area contributed by atoms with E-state index in [2.05, 4.69) is 0 Å². The first kappa shape index (κ1) is 11.1. The molecular formula is C13H23NO. The molecule has 0 amide bonds. The third-order valence-electron chi connectivity index (χ3n) is 4.13. The van der Waals surface area contributed by atoms with Crippen LogP contribution in [-0.2, 0) is 4.79 Å². The Morgan fingerprint density at radius 2 is 1.53 bits per heavy atom. The van der Waals surface area contributed by atoms with Crippen molar-refractivity contribution in [3.8, 4) is 0 Å². The molecule has 0 bridgehead atoms. The molecule has 0 heterocycles. The summed E-state index contributed by atoms with van der Waals surface area (Å²) < 4.78 is 0. The fraction of sp³-hybridized carbons (Fsp3) is 0.923. The molecule has 2 heteroatoms. The fourth-order valence-electron chi connectivity index (χ4n) is 3.17. The molecule has 2 aliphatic carbocycles. The summed E-state index contributed by atoms with van der Waals surface area (Å²) in [4.78, 5) is 12.2. The highest BCUT2D eigenvalue weighted by Gasteiger charge is 2.32. The average molecular weight is 209 g/mol. The van der Waals surface area contributed by atoms with Crippen molar-refractivity contribution in [3.05, 3.63) is 0 Å². The molecule has 0 aromatic carbocycles. The van der Waals surface area contributed by atoms with Crippen molar-refractivity contribution in [1.82, 2.24) is 0 Å². The van der Waals surface area contributed by atoms with Gasteiger partial charge in [0, 0.05) is 17.9 Å². The van der Waals surface area contributed by atoms with Crippen LogP contribution in [0, 0.1) is 11.8 Å². The Balaban J connectivity index is 1.88. The van der Waals surface area contributed by atoms with E-state index in [1.165, 1.54) is 25.7 Å². The summed E-state index contributed by atoms with van der Waals surface area (Å²) in [5.41, 5.74) is 5.87. The van der Waals surface area contributed by atoms with Gasteiger partial charge in [0.2, 0.25) is 0 Å². The van der Waals surface area contributed by atoms with Crippen LogP contribution in [0.15, 0.2) is 0 Å². The topological polar surface area (TPSA) is 43.1 Å². The minimum absolute atomic E-state index is 0.296. The molecule has 2 rings (SSSR count). The maximum Gasteiger partial charge on any atom is 0.139 e. The summed E-state index contributed by atoms with van der Waals surface area (Å²) in [5, 5.41) is 0. The Morgan fingerprint density at radius 1 is 0.867 bits per heavy atom. The van der Waals surface area contributed by atoms with E-state index in [1.54, 1.807) is 0 Å². The second kappa shape index (κ2) is 5.11. The van der Waals surface area contributed by atoms with E-state index in [0.29, 0.717) is 23.7 Å². The van der Waals surface area contributed by atoms with Gasteiger partial charge in [0.05, 0.1) is 0 Å². The average Bonchev–Trinajstić information content (AvgIpc) is 2.53. The smallest absolute Gasteiger partial charge is 0.139 e. The molecule has 2 unspecified atom stereocenters. The first-order valence-corrected chi connectivity index (χ1v) is 6.56. The standard InChI is InChI=1S/C13H23NO/c14-12-8-7-11(9-12)13(15)10-5-3-1-2-4-6-10/h10-12H,1-9,14H2. The Hall–Kier alpha value is -0.370. The van der Waals surface area contributed by atoms with Crippen LogP contribution < -0.4 is 5.73 Å². The second-order valence-electron chi connectivity index (χ2n) is 5.36. The van der Waals surface area contributed by atoms with Gasteiger partial charge in [0.15, 0.2) is 0 Å². The number of hydrogen-bond acceptors (Lipinski definition) is 2. The largest absolute Gasteiger partial charge is 0.328 e. The summed E-state index contributed by atoms with van der Waals surface area (Å²) in [7, 11) is 0. The first-order valence-electron chi connectivity index (χ1n) is 6.56. The maximum atomic E-state index is 12.2. The second-order valence-corrected chi connectivity index (χ2v) is 5.36. The molecule has 0 spiro atoms. The van der Waals surface area contributed by atoms with E-state index in [4.69, 9.17) is 5.73 Å². The van der Waals surface area contributed by atoms with Crippen LogP contribution in [0.5, 0.6) is 0 Å². The molecule has 2 nitrogen and oxygen atoms in total. The number of carbonyl (C=O) groups excluding carboxylic acids is 1. The van der Waals surface area contributed by atoms with Gasteiger partial charge in [0.25, 0.3) is 0 Å². The van der Waals surface area contributed by atoms with Gasteiger partial charge in [-0.1, -0.05) is 25.7 Å². The lowest BCUT2D eigenvalue weighted by Crippen LogP contribution is -2.23. The highest BCUT2D eigenvalue weighted by molar-refractivity contribution is 5.83. The lowest BCUT2D eigenvalue weighted by molar-refractivity contribution is -0.127. The van der Waals surface area contributed by atoms with Crippen LogP contribution in [0.2, 0.25) is 0 Å². The predicted molar refractivity (Wildman–Crippen MR) is 61.5 cm³/mol. The van der Waals surface area contributed by atoms with Crippen LogP contribution in [0.4, 0.5) is 0 Å². The minimum Gasteiger partial charge on any atom is -0.328 e. The molecule has 2 fully saturated rings. The summed E-state index contributed by atoms with van der Waals surface area (Å²) in [6.45, 7) is 0. The van der Waals surface area contributed by atoms with Gasteiger partial charge in [0.1, 0.15) is 5.78 Å². The third kappa shape index (κ3) is 2.81. The van der Waals surface area contributed by atoms with Gasteiger partial charge >= 0.3 is 0 Å². The van der Waals surface area contributed by atoms with Gasteiger partial charge in [-0.25, -0.2) is 0 Å². The first-order chi connectivity index (χ1) is 7.27. The van der Waals surface area contributed by atoms with Crippen LogP contribution in [0.1, 0.15) is 57.8 Å². The molecular weight excluding hydrogens is 186 g/mol. The van der Waals surface area contributed by atoms with Crippen molar-refractivity contribution in [2.45, 2.75) is 63.8 Å². The van der Waals surface area contributed by atoms with Gasteiger partial charge in [-0.3, -0.25) is 4.79 Å². The van der Waals surface area contributed by atoms with Crippen molar-refractivity contribution in [2.24, 2.45) is 17.6 Å². The number of hydrogen-bond donors (Lipinski definition) is 1. The Kier molecular flexibility index (Phi) is 3.79. The Labute approximate surface area is 92.6 Å². The van der Waals surface area contributed by atoms with Crippen molar-refractivity contribution in [1.29, 1.82) is 0 Å². The zero-order valence-electron chi connectivity index (χ0n) is 9.58. The van der Waals surface area contributed by atoms with Crippen LogP contribution in [0.3, 0.4) is 0 Å². The molecule has 86 valence electrons. The molecule has 0 aromatic heterocycles. The lowest BCUT2D eigenvalue weighted by atomic mass is 9.86. The molecule has 2 saturated carbocycles. The molecule has 2 aliphatic rings. The van der Waals surface area contributed by atoms with Gasteiger partial charge < -0.3 is 5.73 Å². The van der Waals surface area contributed by atoms with Crippen LogP contribution in [0.25, 0.3) is 0 Å². The number of nitrogens with two attached hydrogens (primary N) is 1. The van der Waals surface area contributed by atoms with Crippen LogP contribution >= 0.6 is 0 Å². The summed E-state index contributed by atoms with van der Waals surface area (Å²) in [6, 6.07) is 0.296. The molecule has 0 aliphatic heterocycles. The molecule has 2 N–H and O–H groups in total.